The normalized spacial score (nSPS) is 22.6. The summed E-state index contributed by atoms with van der Waals surface area (Å²) in [5, 5.41) is 3.87. The third kappa shape index (κ3) is 3.71. The Bertz CT molecular complexity index is 247. The van der Waals surface area contributed by atoms with Gasteiger partial charge in [0.2, 0.25) is 0 Å². The van der Waals surface area contributed by atoms with Gasteiger partial charge in [0.25, 0.3) is 0 Å². The largest absolute Gasteiger partial charge is 0.385 e. The molecule has 0 radical (unpaired) electrons. The van der Waals surface area contributed by atoms with E-state index in [4.69, 9.17) is 4.74 Å². The summed E-state index contributed by atoms with van der Waals surface area (Å²) in [6.45, 7) is 13.7. The summed E-state index contributed by atoms with van der Waals surface area (Å²) in [6, 6.07) is 0. The van der Waals surface area contributed by atoms with Crippen molar-refractivity contribution in [2.24, 2.45) is 0 Å². The second kappa shape index (κ2) is 7.61. The molecule has 3 heteroatoms. The van der Waals surface area contributed by atoms with E-state index in [9.17, 15) is 0 Å². The van der Waals surface area contributed by atoms with Gasteiger partial charge >= 0.3 is 0 Å². The van der Waals surface area contributed by atoms with Crippen LogP contribution in [0.15, 0.2) is 0 Å². The van der Waals surface area contributed by atoms with Gasteiger partial charge in [-0.15, -0.1) is 0 Å². The number of ether oxygens (including phenoxy) is 1. The van der Waals surface area contributed by atoms with E-state index < -0.39 is 0 Å². The lowest BCUT2D eigenvalue weighted by atomic mass is 9.80. The quantitative estimate of drug-likeness (QED) is 0.686. The summed E-state index contributed by atoms with van der Waals surface area (Å²) in [5.74, 6) is 0. The molecule has 0 saturated carbocycles. The molecule has 1 aliphatic heterocycles. The Hall–Kier alpha value is -0.120. The topological polar surface area (TPSA) is 24.5 Å². The lowest BCUT2D eigenvalue weighted by Crippen LogP contribution is -2.69. The van der Waals surface area contributed by atoms with E-state index in [0.717, 1.165) is 19.6 Å². The molecule has 1 rings (SSSR count). The monoisotopic (exact) mass is 270 g/mol. The highest BCUT2D eigenvalue weighted by Gasteiger charge is 2.43. The number of hydrogen-bond acceptors (Lipinski definition) is 3. The fourth-order valence-electron chi connectivity index (χ4n) is 3.44. The highest BCUT2D eigenvalue weighted by atomic mass is 16.5. The maximum absolute atomic E-state index is 5.23. The maximum Gasteiger partial charge on any atom is 0.0474 e. The van der Waals surface area contributed by atoms with Crippen LogP contribution >= 0.6 is 0 Å². The second-order valence-electron chi connectivity index (χ2n) is 6.04. The highest BCUT2D eigenvalue weighted by Crippen LogP contribution is 2.32. The molecule has 0 amide bonds. The smallest absolute Gasteiger partial charge is 0.0474 e. The molecule has 0 bridgehead atoms. The van der Waals surface area contributed by atoms with Gasteiger partial charge in [0, 0.05) is 44.4 Å². The third-order valence-electron chi connectivity index (χ3n) is 5.40. The molecule has 0 spiro atoms. The Kier molecular flexibility index (Phi) is 6.78. The molecule has 1 aliphatic rings. The predicted molar refractivity (Wildman–Crippen MR) is 82.7 cm³/mol. The molecule has 1 saturated heterocycles. The van der Waals surface area contributed by atoms with Crippen molar-refractivity contribution in [1.82, 2.24) is 10.2 Å². The van der Waals surface area contributed by atoms with E-state index in [0.29, 0.717) is 11.1 Å². The van der Waals surface area contributed by atoms with Crippen LogP contribution in [0, 0.1) is 0 Å². The molecule has 1 N–H and O–H groups in total. The summed E-state index contributed by atoms with van der Waals surface area (Å²) in [7, 11) is 1.80. The van der Waals surface area contributed by atoms with Crippen molar-refractivity contribution in [1.29, 1.82) is 0 Å². The summed E-state index contributed by atoms with van der Waals surface area (Å²) in [5.41, 5.74) is 0.669. The molecule has 114 valence electrons. The minimum atomic E-state index is 0.320. The lowest BCUT2D eigenvalue weighted by molar-refractivity contribution is -0.00915. The van der Waals surface area contributed by atoms with Crippen molar-refractivity contribution in [3.8, 4) is 0 Å². The molecular weight excluding hydrogens is 236 g/mol. The molecule has 0 aromatic heterocycles. The molecule has 3 nitrogen and oxygen atoms in total. The van der Waals surface area contributed by atoms with Crippen LogP contribution in [-0.4, -0.2) is 49.3 Å². The van der Waals surface area contributed by atoms with Gasteiger partial charge in [-0.1, -0.05) is 27.7 Å². The standard InChI is InChI=1S/C16H34N2O/c1-6-15(7-2)14-18(11-10-12-19-5)16(8-3,9-4)13-17-15/h17H,6-14H2,1-5H3. The van der Waals surface area contributed by atoms with Gasteiger partial charge in [-0.2, -0.15) is 0 Å². The van der Waals surface area contributed by atoms with Crippen LogP contribution in [-0.2, 0) is 4.74 Å². The highest BCUT2D eigenvalue weighted by molar-refractivity contribution is 5.03. The van der Waals surface area contributed by atoms with E-state index in [1.807, 2.05) is 0 Å². The van der Waals surface area contributed by atoms with Gasteiger partial charge in [-0.05, 0) is 32.1 Å². The predicted octanol–water partition coefficient (Wildman–Crippen LogP) is 3.05. The molecular formula is C16H34N2O. The van der Waals surface area contributed by atoms with Crippen molar-refractivity contribution in [3.05, 3.63) is 0 Å². The molecule has 1 fully saturated rings. The van der Waals surface area contributed by atoms with Gasteiger partial charge in [-0.3, -0.25) is 4.90 Å². The van der Waals surface area contributed by atoms with Gasteiger partial charge in [0.1, 0.15) is 0 Å². The van der Waals surface area contributed by atoms with E-state index in [2.05, 4.69) is 37.9 Å². The SMILES string of the molecule is CCC1(CC)CN(CCCOC)C(CC)(CC)CN1. The molecule has 0 unspecified atom stereocenters. The first kappa shape index (κ1) is 16.9. The first-order valence-corrected chi connectivity index (χ1v) is 8.11. The number of methoxy groups -OCH3 is 1. The summed E-state index contributed by atoms with van der Waals surface area (Å²) in [6.07, 6.45) is 6.03. The van der Waals surface area contributed by atoms with Crippen LogP contribution in [0.4, 0.5) is 0 Å². The Morgan fingerprint density at radius 2 is 1.68 bits per heavy atom. The van der Waals surface area contributed by atoms with Crippen molar-refractivity contribution >= 4 is 0 Å². The Labute approximate surface area is 120 Å². The van der Waals surface area contributed by atoms with Crippen LogP contribution in [0.2, 0.25) is 0 Å². The maximum atomic E-state index is 5.23. The van der Waals surface area contributed by atoms with E-state index in [-0.39, 0.29) is 0 Å². The Balaban J connectivity index is 2.79. The summed E-state index contributed by atoms with van der Waals surface area (Å²) < 4.78 is 5.23. The zero-order valence-corrected chi connectivity index (χ0v) is 13.7. The van der Waals surface area contributed by atoms with E-state index in [1.54, 1.807) is 7.11 Å². The van der Waals surface area contributed by atoms with Gasteiger partial charge in [-0.25, -0.2) is 0 Å². The molecule has 0 aromatic carbocycles. The van der Waals surface area contributed by atoms with Crippen LogP contribution in [0.1, 0.15) is 59.8 Å². The van der Waals surface area contributed by atoms with E-state index in [1.165, 1.54) is 38.8 Å². The average molecular weight is 270 g/mol. The summed E-state index contributed by atoms with van der Waals surface area (Å²) >= 11 is 0. The number of piperazine rings is 1. The van der Waals surface area contributed by atoms with Crippen molar-refractivity contribution in [3.63, 3.8) is 0 Å². The number of nitrogens with one attached hydrogen (secondary N) is 1. The van der Waals surface area contributed by atoms with Crippen molar-refractivity contribution in [2.75, 3.05) is 33.4 Å². The fourth-order valence-corrected chi connectivity index (χ4v) is 3.44. The van der Waals surface area contributed by atoms with Crippen molar-refractivity contribution in [2.45, 2.75) is 70.9 Å². The van der Waals surface area contributed by atoms with Gasteiger partial charge in [0.05, 0.1) is 0 Å². The van der Waals surface area contributed by atoms with Crippen LogP contribution < -0.4 is 5.32 Å². The molecule has 0 atom stereocenters. The Morgan fingerprint density at radius 1 is 1.05 bits per heavy atom. The molecule has 1 heterocycles. The average Bonchev–Trinajstić information content (AvgIpc) is 2.47. The second-order valence-corrected chi connectivity index (χ2v) is 6.04. The number of rotatable bonds is 8. The number of hydrogen-bond donors (Lipinski definition) is 1. The zero-order chi connectivity index (χ0) is 14.4. The lowest BCUT2D eigenvalue weighted by Gasteiger charge is -2.54. The van der Waals surface area contributed by atoms with Gasteiger partial charge < -0.3 is 10.1 Å². The van der Waals surface area contributed by atoms with Gasteiger partial charge in [0.15, 0.2) is 0 Å². The molecule has 19 heavy (non-hydrogen) atoms. The first-order chi connectivity index (χ1) is 9.12. The van der Waals surface area contributed by atoms with E-state index >= 15 is 0 Å². The minimum absolute atomic E-state index is 0.320. The van der Waals surface area contributed by atoms with Crippen LogP contribution in [0.5, 0.6) is 0 Å². The summed E-state index contributed by atoms with van der Waals surface area (Å²) in [4.78, 5) is 2.75. The van der Waals surface area contributed by atoms with Crippen LogP contribution in [0.25, 0.3) is 0 Å². The third-order valence-corrected chi connectivity index (χ3v) is 5.40. The van der Waals surface area contributed by atoms with Crippen molar-refractivity contribution < 1.29 is 4.74 Å². The zero-order valence-electron chi connectivity index (χ0n) is 13.7. The number of nitrogens with zero attached hydrogens (tertiary/aromatic N) is 1. The first-order valence-electron chi connectivity index (χ1n) is 8.11. The minimum Gasteiger partial charge on any atom is -0.385 e. The van der Waals surface area contributed by atoms with Crippen LogP contribution in [0.3, 0.4) is 0 Å². The fraction of sp³-hybridized carbons (Fsp3) is 1.00. The Morgan fingerprint density at radius 3 is 2.16 bits per heavy atom. The molecule has 0 aromatic rings. The molecule has 0 aliphatic carbocycles.